The highest BCUT2D eigenvalue weighted by Gasteiger charge is 2.26. The maximum absolute atomic E-state index is 12.5. The van der Waals surface area contributed by atoms with Crippen molar-refractivity contribution in [3.8, 4) is 5.75 Å². The van der Waals surface area contributed by atoms with Crippen LogP contribution in [0, 0.1) is 10.1 Å². The fourth-order valence-corrected chi connectivity index (χ4v) is 4.74. The number of carbonyl (C=O) groups is 1. The van der Waals surface area contributed by atoms with Crippen molar-refractivity contribution in [1.82, 2.24) is 9.62 Å². The Balaban J connectivity index is 1.45. The fraction of sp³-hybridized carbons (Fsp3) is 0.350. The van der Waals surface area contributed by atoms with Crippen molar-refractivity contribution in [3.63, 3.8) is 0 Å². The van der Waals surface area contributed by atoms with E-state index in [4.69, 9.17) is 4.74 Å². The van der Waals surface area contributed by atoms with Crippen LogP contribution in [0.2, 0.25) is 0 Å². The van der Waals surface area contributed by atoms with Crippen molar-refractivity contribution in [2.75, 3.05) is 26.2 Å². The molecule has 0 atom stereocenters. The summed E-state index contributed by atoms with van der Waals surface area (Å²) in [7, 11) is -3.46. The van der Waals surface area contributed by atoms with Crippen LogP contribution in [0.3, 0.4) is 0 Å². The molecular weight excluding hydrogens is 410 g/mol. The fourth-order valence-electron chi connectivity index (χ4n) is 3.22. The number of nitrogens with zero attached hydrogens (tertiary/aromatic N) is 2. The third-order valence-corrected chi connectivity index (χ3v) is 6.67. The van der Waals surface area contributed by atoms with E-state index in [1.54, 1.807) is 30.3 Å². The van der Waals surface area contributed by atoms with E-state index >= 15 is 0 Å². The number of nitro benzene ring substituents is 1. The van der Waals surface area contributed by atoms with Gasteiger partial charge in [-0.15, -0.1) is 0 Å². The molecule has 1 heterocycles. The molecule has 0 spiro atoms. The molecule has 0 aromatic heterocycles. The van der Waals surface area contributed by atoms with Gasteiger partial charge in [0.05, 0.1) is 22.8 Å². The number of nitrogens with one attached hydrogen (secondary N) is 1. The minimum atomic E-state index is -3.46. The Bertz CT molecular complexity index is 1000. The van der Waals surface area contributed by atoms with Crippen LogP contribution in [0.1, 0.15) is 18.4 Å². The van der Waals surface area contributed by atoms with E-state index in [1.807, 2.05) is 0 Å². The molecule has 1 saturated heterocycles. The zero-order valence-electron chi connectivity index (χ0n) is 16.3. The summed E-state index contributed by atoms with van der Waals surface area (Å²) >= 11 is 0. The van der Waals surface area contributed by atoms with Crippen LogP contribution in [0.4, 0.5) is 5.69 Å². The molecule has 160 valence electrons. The van der Waals surface area contributed by atoms with Gasteiger partial charge in [0.15, 0.2) is 0 Å². The Kier molecular flexibility index (Phi) is 7.01. The molecule has 0 unspecified atom stereocenters. The minimum Gasteiger partial charge on any atom is -0.492 e. The van der Waals surface area contributed by atoms with E-state index in [0.29, 0.717) is 24.4 Å². The molecule has 30 heavy (non-hydrogen) atoms. The third-order valence-electron chi connectivity index (χ3n) is 4.76. The Morgan fingerprint density at radius 1 is 1.10 bits per heavy atom. The second-order valence-corrected chi connectivity index (χ2v) is 8.78. The maximum Gasteiger partial charge on any atom is 0.273 e. The van der Waals surface area contributed by atoms with Crippen LogP contribution < -0.4 is 10.1 Å². The number of ether oxygens (including phenoxy) is 1. The highest BCUT2D eigenvalue weighted by Crippen LogP contribution is 2.23. The van der Waals surface area contributed by atoms with E-state index in [0.717, 1.165) is 12.8 Å². The summed E-state index contributed by atoms with van der Waals surface area (Å²) in [6.45, 7) is 1.49. The SMILES string of the molecule is O=C(Cc1ccccc1[N+](=O)[O-])NCCOc1ccc(S(=O)(=O)N2CCCC2)cc1. The second kappa shape index (κ2) is 9.68. The summed E-state index contributed by atoms with van der Waals surface area (Å²) in [6, 6.07) is 12.3. The molecule has 1 aliphatic heterocycles. The van der Waals surface area contributed by atoms with Crippen LogP contribution in [0.15, 0.2) is 53.4 Å². The first kappa shape index (κ1) is 21.7. The van der Waals surface area contributed by atoms with Gasteiger partial charge in [0.1, 0.15) is 12.4 Å². The van der Waals surface area contributed by atoms with E-state index < -0.39 is 14.9 Å². The van der Waals surface area contributed by atoms with Crippen molar-refractivity contribution < 1.29 is 22.9 Å². The number of carbonyl (C=O) groups excluding carboxylic acids is 1. The summed E-state index contributed by atoms with van der Waals surface area (Å²) in [5.74, 6) is 0.142. The number of sulfonamides is 1. The molecule has 0 radical (unpaired) electrons. The highest BCUT2D eigenvalue weighted by atomic mass is 32.2. The predicted octanol–water partition coefficient (Wildman–Crippen LogP) is 2.12. The lowest BCUT2D eigenvalue weighted by atomic mass is 10.1. The zero-order valence-corrected chi connectivity index (χ0v) is 17.1. The number of para-hydroxylation sites is 1. The smallest absolute Gasteiger partial charge is 0.273 e. The Morgan fingerprint density at radius 3 is 2.43 bits per heavy atom. The van der Waals surface area contributed by atoms with Gasteiger partial charge in [0.2, 0.25) is 15.9 Å². The number of hydrogen-bond acceptors (Lipinski definition) is 6. The molecule has 1 N–H and O–H groups in total. The molecular formula is C20H23N3O6S. The zero-order chi connectivity index (χ0) is 21.6. The molecule has 0 bridgehead atoms. The first-order chi connectivity index (χ1) is 14.4. The van der Waals surface area contributed by atoms with Gasteiger partial charge in [-0.25, -0.2) is 8.42 Å². The molecule has 2 aromatic rings. The molecule has 10 heteroatoms. The van der Waals surface area contributed by atoms with Crippen molar-refractivity contribution >= 4 is 21.6 Å². The van der Waals surface area contributed by atoms with Crippen LogP contribution >= 0.6 is 0 Å². The van der Waals surface area contributed by atoms with Crippen molar-refractivity contribution in [3.05, 3.63) is 64.2 Å². The molecule has 3 rings (SSSR count). The Hall–Kier alpha value is -2.98. The molecule has 9 nitrogen and oxygen atoms in total. The van der Waals surface area contributed by atoms with E-state index in [-0.39, 0.29) is 36.1 Å². The minimum absolute atomic E-state index is 0.0899. The topological polar surface area (TPSA) is 119 Å². The van der Waals surface area contributed by atoms with Crippen LogP contribution in [-0.4, -0.2) is 49.8 Å². The van der Waals surface area contributed by atoms with Crippen LogP contribution in [0.25, 0.3) is 0 Å². The number of hydrogen-bond donors (Lipinski definition) is 1. The summed E-state index contributed by atoms with van der Waals surface area (Å²) in [4.78, 5) is 22.7. The molecule has 2 aromatic carbocycles. The molecule has 1 fully saturated rings. The first-order valence-corrected chi connectivity index (χ1v) is 11.0. The van der Waals surface area contributed by atoms with Crippen LogP contribution in [-0.2, 0) is 21.2 Å². The lowest BCUT2D eigenvalue weighted by Gasteiger charge is -2.15. The maximum atomic E-state index is 12.5. The average Bonchev–Trinajstić information content (AvgIpc) is 3.28. The summed E-state index contributed by atoms with van der Waals surface area (Å²) in [6.07, 6.45) is 1.66. The van der Waals surface area contributed by atoms with Gasteiger partial charge in [-0.2, -0.15) is 4.31 Å². The molecule has 0 saturated carbocycles. The lowest BCUT2D eigenvalue weighted by Crippen LogP contribution is -2.29. The van der Waals surface area contributed by atoms with Crippen molar-refractivity contribution in [2.24, 2.45) is 0 Å². The van der Waals surface area contributed by atoms with E-state index in [1.165, 1.54) is 22.5 Å². The predicted molar refractivity (Wildman–Crippen MR) is 110 cm³/mol. The molecule has 1 aliphatic rings. The number of amides is 1. The summed E-state index contributed by atoms with van der Waals surface area (Å²) in [5.41, 5.74) is 0.253. The van der Waals surface area contributed by atoms with Gasteiger partial charge < -0.3 is 10.1 Å². The number of nitro groups is 1. The molecule has 0 aliphatic carbocycles. The monoisotopic (exact) mass is 433 g/mol. The van der Waals surface area contributed by atoms with Gasteiger partial charge in [0, 0.05) is 24.7 Å². The quantitative estimate of drug-likeness (QED) is 0.368. The number of benzene rings is 2. The third kappa shape index (κ3) is 5.33. The first-order valence-electron chi connectivity index (χ1n) is 9.60. The normalized spacial score (nSPS) is 14.4. The van der Waals surface area contributed by atoms with Crippen molar-refractivity contribution in [2.45, 2.75) is 24.2 Å². The summed E-state index contributed by atoms with van der Waals surface area (Å²) < 4.78 is 32.0. The Morgan fingerprint density at radius 2 is 1.77 bits per heavy atom. The average molecular weight is 433 g/mol. The second-order valence-electron chi connectivity index (χ2n) is 6.84. The highest BCUT2D eigenvalue weighted by molar-refractivity contribution is 7.89. The lowest BCUT2D eigenvalue weighted by molar-refractivity contribution is -0.385. The van der Waals surface area contributed by atoms with Crippen molar-refractivity contribution in [1.29, 1.82) is 0 Å². The van der Waals surface area contributed by atoms with Gasteiger partial charge in [-0.3, -0.25) is 14.9 Å². The Labute approximate surface area is 174 Å². The van der Waals surface area contributed by atoms with E-state index in [9.17, 15) is 23.3 Å². The number of rotatable bonds is 9. The standard InChI is InChI=1S/C20H23N3O6S/c24-20(15-16-5-1-2-6-19(16)23(25)26)21-11-14-29-17-7-9-18(10-8-17)30(27,28)22-12-3-4-13-22/h1-2,5-10H,3-4,11-15H2,(H,21,24). The van der Waals surface area contributed by atoms with Crippen LogP contribution in [0.5, 0.6) is 5.75 Å². The van der Waals surface area contributed by atoms with Gasteiger partial charge in [-0.05, 0) is 37.1 Å². The molecule has 1 amide bonds. The summed E-state index contributed by atoms with van der Waals surface area (Å²) in [5, 5.41) is 13.6. The van der Waals surface area contributed by atoms with Gasteiger partial charge >= 0.3 is 0 Å². The largest absolute Gasteiger partial charge is 0.492 e. The van der Waals surface area contributed by atoms with E-state index in [2.05, 4.69) is 5.32 Å². The van der Waals surface area contributed by atoms with Gasteiger partial charge in [0.25, 0.3) is 5.69 Å². The van der Waals surface area contributed by atoms with Gasteiger partial charge in [-0.1, -0.05) is 18.2 Å².